The van der Waals surface area contributed by atoms with E-state index in [1.54, 1.807) is 30.6 Å². The number of aromatic nitrogens is 4. The van der Waals surface area contributed by atoms with Gasteiger partial charge in [-0.15, -0.1) is 0 Å². The van der Waals surface area contributed by atoms with E-state index in [1.807, 2.05) is 43.3 Å². The Balaban J connectivity index is 1.45. The van der Waals surface area contributed by atoms with Crippen LogP contribution in [0.25, 0.3) is 27.8 Å². The molecule has 4 N–H and O–H groups in total. The summed E-state index contributed by atoms with van der Waals surface area (Å²) in [5.41, 5.74) is 13.5. The molecular formula is C34H31FN6. The molecule has 0 amide bonds. The highest BCUT2D eigenvalue weighted by Gasteiger charge is 2.22. The first-order valence-corrected chi connectivity index (χ1v) is 13.2. The Labute approximate surface area is 239 Å². The van der Waals surface area contributed by atoms with Crippen LogP contribution in [0.4, 0.5) is 10.1 Å². The fourth-order valence-electron chi connectivity index (χ4n) is 4.76. The van der Waals surface area contributed by atoms with Crippen LogP contribution >= 0.6 is 0 Å². The molecule has 1 aliphatic rings. The van der Waals surface area contributed by atoms with Gasteiger partial charge in [0.1, 0.15) is 11.5 Å². The summed E-state index contributed by atoms with van der Waals surface area (Å²) in [4.78, 5) is 16.7. The zero-order chi connectivity index (χ0) is 28.9. The van der Waals surface area contributed by atoms with E-state index in [0.717, 1.165) is 39.9 Å². The molecule has 0 radical (unpaired) electrons. The van der Waals surface area contributed by atoms with Crippen molar-refractivity contribution in [2.45, 2.75) is 19.8 Å². The summed E-state index contributed by atoms with van der Waals surface area (Å²) in [5, 5.41) is 3.27. The van der Waals surface area contributed by atoms with Crippen LogP contribution in [0.5, 0.6) is 0 Å². The average Bonchev–Trinajstić information content (AvgIpc) is 3.67. The SMILES string of the molecule is C=C/C(=C\C(=C/C)c1ncc(N)c(C(=C)c2nc3c(C4=CCC=C4)cncc3[nH]2)c1F)NC(=C)Cc1ccccc1. The molecule has 5 rings (SSSR count). The van der Waals surface area contributed by atoms with E-state index in [1.165, 1.54) is 6.20 Å². The van der Waals surface area contributed by atoms with Crippen molar-refractivity contribution in [1.29, 1.82) is 0 Å². The van der Waals surface area contributed by atoms with Gasteiger partial charge in [-0.05, 0) is 36.6 Å². The Bertz CT molecular complexity index is 1790. The van der Waals surface area contributed by atoms with Crippen LogP contribution in [0.3, 0.4) is 0 Å². The summed E-state index contributed by atoms with van der Waals surface area (Å²) in [5.74, 6) is -0.186. The Morgan fingerprint density at radius 3 is 2.68 bits per heavy atom. The monoisotopic (exact) mass is 542 g/mol. The number of nitrogens with zero attached hydrogens (tertiary/aromatic N) is 3. The highest BCUT2D eigenvalue weighted by molar-refractivity contribution is 5.94. The highest BCUT2D eigenvalue weighted by Crippen LogP contribution is 2.34. The van der Waals surface area contributed by atoms with E-state index in [4.69, 9.17) is 10.7 Å². The van der Waals surface area contributed by atoms with Gasteiger partial charge in [-0.2, -0.15) is 0 Å². The van der Waals surface area contributed by atoms with Crippen molar-refractivity contribution in [3.05, 3.63) is 151 Å². The molecular weight excluding hydrogens is 511 g/mol. The number of hydrogen-bond donors (Lipinski definition) is 3. The lowest BCUT2D eigenvalue weighted by molar-refractivity contribution is 0.614. The second kappa shape index (κ2) is 11.8. The molecule has 0 bridgehead atoms. The lowest BCUT2D eigenvalue weighted by Crippen LogP contribution is -2.13. The van der Waals surface area contributed by atoms with E-state index < -0.39 is 5.82 Å². The molecule has 204 valence electrons. The molecule has 1 aromatic carbocycles. The van der Waals surface area contributed by atoms with E-state index in [9.17, 15) is 0 Å². The maximum absolute atomic E-state index is 16.2. The van der Waals surface area contributed by atoms with Crippen LogP contribution in [0.2, 0.25) is 0 Å². The number of allylic oxidation sites excluding steroid dienone is 9. The number of pyridine rings is 2. The Kier molecular flexibility index (Phi) is 7.87. The van der Waals surface area contributed by atoms with Crippen LogP contribution in [-0.4, -0.2) is 19.9 Å². The largest absolute Gasteiger partial charge is 0.397 e. The summed E-state index contributed by atoms with van der Waals surface area (Å²) >= 11 is 0. The number of hydrogen-bond acceptors (Lipinski definition) is 5. The van der Waals surface area contributed by atoms with Crippen LogP contribution in [0.1, 0.15) is 41.6 Å². The molecule has 3 heterocycles. The van der Waals surface area contributed by atoms with Gasteiger partial charge in [-0.3, -0.25) is 9.97 Å². The molecule has 41 heavy (non-hydrogen) atoms. The van der Waals surface area contributed by atoms with Crippen LogP contribution in [-0.2, 0) is 6.42 Å². The fourth-order valence-corrected chi connectivity index (χ4v) is 4.76. The standard InChI is InChI=1S/C34H31FN6/c1-5-24(17-26(6-2)39-21(3)16-23-12-8-7-9-13-23)32-31(35)30(28(36)19-38-32)22(4)34-40-29-20-37-18-27(33(29)41-34)25-14-10-11-15-25/h5-10,12-15,17-20,39H,2-4,11,16,36H2,1H3,(H,40,41)/b24-5+,26-17+. The van der Waals surface area contributed by atoms with Gasteiger partial charge in [0, 0.05) is 46.3 Å². The first-order chi connectivity index (χ1) is 19.9. The molecule has 7 heteroatoms. The average molecular weight is 543 g/mol. The number of halogens is 1. The fraction of sp³-hybridized carbons (Fsp3) is 0.0882. The highest BCUT2D eigenvalue weighted by atomic mass is 19.1. The first-order valence-electron chi connectivity index (χ1n) is 13.2. The van der Waals surface area contributed by atoms with Gasteiger partial charge in [-0.1, -0.05) is 74.4 Å². The van der Waals surface area contributed by atoms with Gasteiger partial charge in [0.25, 0.3) is 0 Å². The van der Waals surface area contributed by atoms with Gasteiger partial charge in [0.15, 0.2) is 5.82 Å². The predicted octanol–water partition coefficient (Wildman–Crippen LogP) is 7.30. The molecule has 3 aromatic heterocycles. The first kappa shape index (κ1) is 27.3. The van der Waals surface area contributed by atoms with Gasteiger partial charge in [0.2, 0.25) is 0 Å². The molecule has 4 aromatic rings. The molecule has 0 unspecified atom stereocenters. The van der Waals surface area contributed by atoms with Crippen molar-refractivity contribution >= 4 is 33.4 Å². The molecule has 6 nitrogen and oxygen atoms in total. The number of aromatic amines is 1. The smallest absolute Gasteiger partial charge is 0.159 e. The van der Waals surface area contributed by atoms with Gasteiger partial charge in [0.05, 0.1) is 29.1 Å². The van der Waals surface area contributed by atoms with Gasteiger partial charge in [-0.25, -0.2) is 9.37 Å². The Morgan fingerprint density at radius 2 is 1.98 bits per heavy atom. The number of H-pyrrole nitrogens is 1. The molecule has 0 fully saturated rings. The lowest BCUT2D eigenvalue weighted by Gasteiger charge is -2.14. The number of benzene rings is 1. The minimum Gasteiger partial charge on any atom is -0.397 e. The van der Waals surface area contributed by atoms with Crippen molar-refractivity contribution in [1.82, 2.24) is 25.3 Å². The van der Waals surface area contributed by atoms with Crippen molar-refractivity contribution < 1.29 is 4.39 Å². The number of nitrogens with two attached hydrogens (primary N) is 1. The predicted molar refractivity (Wildman–Crippen MR) is 167 cm³/mol. The van der Waals surface area contributed by atoms with Crippen LogP contribution < -0.4 is 11.1 Å². The number of anilines is 1. The van der Waals surface area contributed by atoms with Crippen molar-refractivity contribution in [2.75, 3.05) is 5.73 Å². The van der Waals surface area contributed by atoms with Crippen LogP contribution in [0.15, 0.2) is 117 Å². The second-order valence-corrected chi connectivity index (χ2v) is 9.63. The molecule has 0 atom stereocenters. The maximum atomic E-state index is 16.2. The second-order valence-electron chi connectivity index (χ2n) is 9.63. The molecule has 1 aliphatic carbocycles. The summed E-state index contributed by atoms with van der Waals surface area (Å²) in [6.07, 6.45) is 17.9. The topological polar surface area (TPSA) is 92.5 Å². The lowest BCUT2D eigenvalue weighted by atomic mass is 10.0. The number of fused-ring (bicyclic) bond motifs is 1. The quantitative estimate of drug-likeness (QED) is 0.183. The Morgan fingerprint density at radius 1 is 1.17 bits per heavy atom. The molecule has 0 saturated carbocycles. The molecule has 0 aliphatic heterocycles. The molecule has 0 saturated heterocycles. The van der Waals surface area contributed by atoms with Crippen molar-refractivity contribution in [3.8, 4) is 0 Å². The molecule has 0 spiro atoms. The van der Waals surface area contributed by atoms with E-state index in [-0.39, 0.29) is 16.9 Å². The number of imidazole rings is 1. The summed E-state index contributed by atoms with van der Waals surface area (Å²) in [6, 6.07) is 10.0. The normalized spacial score (nSPS) is 13.4. The Hall–Kier alpha value is -5.30. The minimum atomic E-state index is -0.592. The summed E-state index contributed by atoms with van der Waals surface area (Å²) in [6.45, 7) is 14.0. The zero-order valence-electron chi connectivity index (χ0n) is 22.9. The van der Waals surface area contributed by atoms with E-state index in [0.29, 0.717) is 29.1 Å². The third-order valence-electron chi connectivity index (χ3n) is 6.81. The number of rotatable bonds is 10. The minimum absolute atomic E-state index is 0.132. The number of nitrogen functional groups attached to an aromatic ring is 1. The summed E-state index contributed by atoms with van der Waals surface area (Å²) < 4.78 is 16.2. The van der Waals surface area contributed by atoms with Gasteiger partial charge < -0.3 is 16.0 Å². The van der Waals surface area contributed by atoms with E-state index >= 15 is 4.39 Å². The van der Waals surface area contributed by atoms with E-state index in [2.05, 4.69) is 52.2 Å². The number of nitrogens with one attached hydrogen (secondary N) is 2. The third-order valence-corrected chi connectivity index (χ3v) is 6.81. The summed E-state index contributed by atoms with van der Waals surface area (Å²) in [7, 11) is 0. The van der Waals surface area contributed by atoms with Crippen molar-refractivity contribution in [3.63, 3.8) is 0 Å². The maximum Gasteiger partial charge on any atom is 0.159 e. The van der Waals surface area contributed by atoms with Crippen LogP contribution in [0, 0.1) is 5.82 Å². The van der Waals surface area contributed by atoms with Crippen molar-refractivity contribution in [2.24, 2.45) is 0 Å². The third kappa shape index (κ3) is 5.70. The van der Waals surface area contributed by atoms with Gasteiger partial charge >= 0.3 is 0 Å². The zero-order valence-corrected chi connectivity index (χ0v) is 22.9.